The molecule has 1 aromatic rings. The number of carboxylic acid groups (broad SMARTS) is 2. The highest BCUT2D eigenvalue weighted by Crippen LogP contribution is 2.10. The van der Waals surface area contributed by atoms with Crippen molar-refractivity contribution in [3.05, 3.63) is 35.4 Å². The molecule has 0 fully saturated rings. The quantitative estimate of drug-likeness (QED) is 0.629. The molecule has 20 heavy (non-hydrogen) atoms. The number of amides is 1. The minimum Gasteiger partial charge on any atom is -0.480 e. The van der Waals surface area contributed by atoms with Crippen molar-refractivity contribution in [3.8, 4) is 0 Å². The van der Waals surface area contributed by atoms with E-state index in [0.717, 1.165) is 10.5 Å². The van der Waals surface area contributed by atoms with E-state index in [1.807, 2.05) is 0 Å². The van der Waals surface area contributed by atoms with E-state index in [9.17, 15) is 14.4 Å². The van der Waals surface area contributed by atoms with Crippen LogP contribution in [0.4, 0.5) is 0 Å². The smallest absolute Gasteiger partial charge is 0.323 e. The first-order valence-corrected chi connectivity index (χ1v) is 5.92. The summed E-state index contributed by atoms with van der Waals surface area (Å²) in [5.41, 5.74) is 6.99. The third-order valence-electron chi connectivity index (χ3n) is 2.68. The molecule has 0 saturated heterocycles. The van der Waals surface area contributed by atoms with Gasteiger partial charge in [-0.3, -0.25) is 14.4 Å². The van der Waals surface area contributed by atoms with Gasteiger partial charge in [0.15, 0.2) is 0 Å². The van der Waals surface area contributed by atoms with E-state index >= 15 is 0 Å². The SMILES string of the molecule is NCc1ccccc1CC(=O)N(CC(=O)O)CC(=O)O. The van der Waals surface area contributed by atoms with Crippen molar-refractivity contribution in [1.29, 1.82) is 0 Å². The highest BCUT2D eigenvalue weighted by Gasteiger charge is 2.20. The van der Waals surface area contributed by atoms with E-state index < -0.39 is 30.9 Å². The third-order valence-corrected chi connectivity index (χ3v) is 2.68. The minimum atomic E-state index is -1.26. The van der Waals surface area contributed by atoms with Crippen molar-refractivity contribution in [3.63, 3.8) is 0 Å². The van der Waals surface area contributed by atoms with Crippen LogP contribution in [0.3, 0.4) is 0 Å². The number of nitrogens with two attached hydrogens (primary N) is 1. The van der Waals surface area contributed by atoms with Gasteiger partial charge in [0.1, 0.15) is 13.1 Å². The first kappa shape index (κ1) is 15.6. The van der Waals surface area contributed by atoms with Gasteiger partial charge in [0.05, 0.1) is 6.42 Å². The molecule has 0 aliphatic heterocycles. The maximum Gasteiger partial charge on any atom is 0.323 e. The molecule has 0 saturated carbocycles. The Bertz CT molecular complexity index is 499. The molecule has 1 rings (SSSR count). The minimum absolute atomic E-state index is 0.0755. The second-order valence-corrected chi connectivity index (χ2v) is 4.19. The van der Waals surface area contributed by atoms with Crippen molar-refractivity contribution in [2.75, 3.05) is 13.1 Å². The van der Waals surface area contributed by atoms with Gasteiger partial charge >= 0.3 is 11.9 Å². The summed E-state index contributed by atoms with van der Waals surface area (Å²) in [5.74, 6) is -3.07. The Morgan fingerprint density at radius 3 is 1.95 bits per heavy atom. The number of aliphatic carboxylic acids is 2. The Morgan fingerprint density at radius 2 is 1.50 bits per heavy atom. The molecule has 0 atom stereocenters. The van der Waals surface area contributed by atoms with Crippen LogP contribution in [0.1, 0.15) is 11.1 Å². The zero-order valence-corrected chi connectivity index (χ0v) is 10.8. The fourth-order valence-electron chi connectivity index (χ4n) is 1.76. The summed E-state index contributed by atoms with van der Waals surface area (Å²) in [7, 11) is 0. The van der Waals surface area contributed by atoms with Gasteiger partial charge in [-0.1, -0.05) is 24.3 Å². The van der Waals surface area contributed by atoms with Crippen LogP contribution in [0.2, 0.25) is 0 Å². The second-order valence-electron chi connectivity index (χ2n) is 4.19. The summed E-state index contributed by atoms with van der Waals surface area (Å²) in [6.07, 6.45) is -0.0755. The standard InChI is InChI=1S/C13H16N2O5/c14-6-10-4-2-1-3-9(10)5-11(16)15(7-12(17)18)8-13(19)20/h1-4H,5-8,14H2,(H,17,18)(H,19,20). The van der Waals surface area contributed by atoms with Crippen LogP contribution in [0, 0.1) is 0 Å². The maximum atomic E-state index is 12.0. The number of hydrogen-bond acceptors (Lipinski definition) is 4. The summed E-state index contributed by atoms with van der Waals surface area (Å²) < 4.78 is 0. The van der Waals surface area contributed by atoms with Crippen LogP contribution in [0.25, 0.3) is 0 Å². The van der Waals surface area contributed by atoms with Gasteiger partial charge in [-0.2, -0.15) is 0 Å². The van der Waals surface area contributed by atoms with Gasteiger partial charge in [-0.15, -0.1) is 0 Å². The van der Waals surface area contributed by atoms with Crippen molar-refractivity contribution in [1.82, 2.24) is 4.90 Å². The summed E-state index contributed by atoms with van der Waals surface area (Å²) >= 11 is 0. The fourth-order valence-corrected chi connectivity index (χ4v) is 1.76. The van der Waals surface area contributed by atoms with Gasteiger partial charge in [-0.05, 0) is 11.1 Å². The molecule has 0 aromatic heterocycles. The van der Waals surface area contributed by atoms with Crippen LogP contribution in [-0.2, 0) is 27.3 Å². The number of hydrogen-bond donors (Lipinski definition) is 3. The number of rotatable bonds is 7. The summed E-state index contributed by atoms with van der Waals surface area (Å²) in [6.45, 7) is -1.03. The lowest BCUT2D eigenvalue weighted by Crippen LogP contribution is -2.40. The number of carbonyl (C=O) groups excluding carboxylic acids is 1. The van der Waals surface area contributed by atoms with E-state index in [4.69, 9.17) is 15.9 Å². The normalized spacial score (nSPS) is 10.1. The molecule has 4 N–H and O–H groups in total. The molecule has 7 heteroatoms. The lowest BCUT2D eigenvalue weighted by Gasteiger charge is -2.19. The summed E-state index contributed by atoms with van der Waals surface area (Å²) in [6, 6.07) is 6.99. The van der Waals surface area contributed by atoms with E-state index in [1.54, 1.807) is 24.3 Å². The second kappa shape index (κ2) is 7.25. The largest absolute Gasteiger partial charge is 0.480 e. The zero-order valence-electron chi connectivity index (χ0n) is 10.8. The van der Waals surface area contributed by atoms with Gasteiger partial charge in [-0.25, -0.2) is 0 Å². The van der Waals surface area contributed by atoms with Crippen molar-refractivity contribution in [2.24, 2.45) is 5.73 Å². The molecule has 0 bridgehead atoms. The Hall–Kier alpha value is -2.41. The molecule has 7 nitrogen and oxygen atoms in total. The molecule has 0 aliphatic carbocycles. The number of benzene rings is 1. The van der Waals surface area contributed by atoms with Crippen molar-refractivity contribution in [2.45, 2.75) is 13.0 Å². The molecular weight excluding hydrogens is 264 g/mol. The van der Waals surface area contributed by atoms with Crippen LogP contribution in [0.5, 0.6) is 0 Å². The van der Waals surface area contributed by atoms with E-state index in [-0.39, 0.29) is 13.0 Å². The van der Waals surface area contributed by atoms with Gasteiger partial charge in [0.2, 0.25) is 5.91 Å². The van der Waals surface area contributed by atoms with Crippen LogP contribution in [0.15, 0.2) is 24.3 Å². The zero-order chi connectivity index (χ0) is 15.1. The van der Waals surface area contributed by atoms with Crippen molar-refractivity contribution < 1.29 is 24.6 Å². The van der Waals surface area contributed by atoms with Crippen LogP contribution >= 0.6 is 0 Å². The summed E-state index contributed by atoms with van der Waals surface area (Å²) in [4.78, 5) is 34.1. The first-order chi connectivity index (χ1) is 9.43. The van der Waals surface area contributed by atoms with E-state index in [1.165, 1.54) is 0 Å². The van der Waals surface area contributed by atoms with Gasteiger partial charge < -0.3 is 20.8 Å². The molecule has 0 radical (unpaired) electrons. The van der Waals surface area contributed by atoms with E-state index in [0.29, 0.717) is 5.56 Å². The average molecular weight is 280 g/mol. The summed E-state index contributed by atoms with van der Waals surface area (Å²) in [5, 5.41) is 17.4. The van der Waals surface area contributed by atoms with Crippen molar-refractivity contribution >= 4 is 17.8 Å². The predicted octanol–water partition coefficient (Wildman–Crippen LogP) is -0.314. The van der Waals surface area contributed by atoms with Gasteiger partial charge in [0.25, 0.3) is 0 Å². The average Bonchev–Trinajstić information content (AvgIpc) is 2.37. The van der Waals surface area contributed by atoms with Crippen LogP contribution in [-0.4, -0.2) is 46.0 Å². The number of carbonyl (C=O) groups is 3. The van der Waals surface area contributed by atoms with E-state index in [2.05, 4.69) is 0 Å². The molecule has 1 amide bonds. The topological polar surface area (TPSA) is 121 Å². The maximum absolute atomic E-state index is 12.0. The molecule has 0 heterocycles. The molecule has 0 spiro atoms. The Balaban J connectivity index is 2.84. The highest BCUT2D eigenvalue weighted by atomic mass is 16.4. The Morgan fingerprint density at radius 1 is 1.00 bits per heavy atom. The number of nitrogens with zero attached hydrogens (tertiary/aromatic N) is 1. The third kappa shape index (κ3) is 4.69. The van der Waals surface area contributed by atoms with Gasteiger partial charge in [0, 0.05) is 6.54 Å². The molecule has 1 aromatic carbocycles. The molecule has 0 aliphatic rings. The molecule has 108 valence electrons. The lowest BCUT2D eigenvalue weighted by atomic mass is 10.0. The lowest BCUT2D eigenvalue weighted by molar-refractivity contribution is -0.149. The monoisotopic (exact) mass is 280 g/mol. The molecule has 0 unspecified atom stereocenters. The highest BCUT2D eigenvalue weighted by molar-refractivity contribution is 5.86. The molecular formula is C13H16N2O5. The van der Waals surface area contributed by atoms with Crippen LogP contribution < -0.4 is 5.73 Å². The Kier molecular flexibility index (Phi) is 5.67. The predicted molar refractivity (Wildman–Crippen MR) is 69.9 cm³/mol. The Labute approximate surface area is 115 Å². The number of carboxylic acids is 2. The fraction of sp³-hybridized carbons (Fsp3) is 0.308. The first-order valence-electron chi connectivity index (χ1n) is 5.92.